The molecule has 0 aromatic carbocycles. The molecule has 0 amide bonds. The number of nitrogens with one attached hydrogen (secondary N) is 1. The number of carbonyl (C=O) groups is 1. The molecule has 0 radical (unpaired) electrons. The van der Waals surface area contributed by atoms with E-state index in [1.54, 1.807) is 0 Å². The van der Waals surface area contributed by atoms with Crippen LogP contribution in [0.1, 0.15) is 39.5 Å². The van der Waals surface area contributed by atoms with Crippen LogP contribution >= 0.6 is 0 Å². The molecule has 0 aliphatic rings. The minimum absolute atomic E-state index is 0.242. The third kappa shape index (κ3) is 6.47. The number of rotatable bonds is 8. The summed E-state index contributed by atoms with van der Waals surface area (Å²) in [6, 6.07) is 0. The molecule has 4 heteroatoms. The molecule has 0 bridgehead atoms. The first-order chi connectivity index (χ1) is 7.04. The van der Waals surface area contributed by atoms with Gasteiger partial charge >= 0.3 is 5.97 Å². The van der Waals surface area contributed by atoms with Crippen LogP contribution in [-0.2, 0) is 9.53 Å². The molecular formula is C11H23NO3. The Kier molecular flexibility index (Phi) is 7.34. The van der Waals surface area contributed by atoms with Gasteiger partial charge in [-0.05, 0) is 19.9 Å². The molecule has 0 aliphatic heterocycles. The van der Waals surface area contributed by atoms with E-state index in [4.69, 9.17) is 0 Å². The minimum Gasteiger partial charge on any atom is -0.467 e. The Morgan fingerprint density at radius 1 is 1.40 bits per heavy atom. The molecule has 90 valence electrons. The average Bonchev–Trinajstić information content (AvgIpc) is 2.22. The third-order valence-electron chi connectivity index (χ3n) is 2.30. The van der Waals surface area contributed by atoms with E-state index in [0.717, 1.165) is 13.0 Å². The molecule has 0 aromatic rings. The summed E-state index contributed by atoms with van der Waals surface area (Å²) >= 11 is 0. The zero-order valence-corrected chi connectivity index (χ0v) is 10.0. The molecule has 2 N–H and O–H groups in total. The van der Waals surface area contributed by atoms with Crippen LogP contribution in [0, 0.1) is 0 Å². The van der Waals surface area contributed by atoms with Crippen LogP contribution in [0.3, 0.4) is 0 Å². The normalized spacial score (nSPS) is 14.7. The molecule has 15 heavy (non-hydrogen) atoms. The number of esters is 1. The summed E-state index contributed by atoms with van der Waals surface area (Å²) in [5, 5.41) is 12.7. The highest BCUT2D eigenvalue weighted by atomic mass is 16.5. The summed E-state index contributed by atoms with van der Waals surface area (Å²) in [5.41, 5.74) is -1.42. The Morgan fingerprint density at radius 2 is 2.07 bits per heavy atom. The highest BCUT2D eigenvalue weighted by Crippen LogP contribution is 2.04. The van der Waals surface area contributed by atoms with Crippen molar-refractivity contribution >= 4 is 5.97 Å². The number of methoxy groups -OCH3 is 1. The van der Waals surface area contributed by atoms with Gasteiger partial charge < -0.3 is 15.2 Å². The standard InChI is InChI=1S/C11H23NO3/c1-4-5-6-7-8-12-9-11(2,14)10(13)15-3/h12,14H,4-9H2,1-3H3. The molecule has 1 unspecified atom stereocenters. The van der Waals surface area contributed by atoms with Gasteiger partial charge in [0.05, 0.1) is 7.11 Å². The molecule has 0 rings (SSSR count). The lowest BCUT2D eigenvalue weighted by atomic mass is 10.1. The lowest BCUT2D eigenvalue weighted by Gasteiger charge is -2.20. The van der Waals surface area contributed by atoms with Crippen molar-refractivity contribution in [3.63, 3.8) is 0 Å². The Labute approximate surface area is 92.0 Å². The topological polar surface area (TPSA) is 58.6 Å². The monoisotopic (exact) mass is 217 g/mol. The summed E-state index contributed by atoms with van der Waals surface area (Å²) < 4.78 is 4.48. The van der Waals surface area contributed by atoms with Crippen molar-refractivity contribution in [1.82, 2.24) is 5.32 Å². The Balaban J connectivity index is 3.53. The van der Waals surface area contributed by atoms with Gasteiger partial charge in [-0.25, -0.2) is 4.79 Å². The first-order valence-electron chi connectivity index (χ1n) is 5.56. The van der Waals surface area contributed by atoms with E-state index >= 15 is 0 Å². The van der Waals surface area contributed by atoms with Gasteiger partial charge in [0.15, 0.2) is 5.60 Å². The van der Waals surface area contributed by atoms with E-state index in [9.17, 15) is 9.90 Å². The van der Waals surface area contributed by atoms with Gasteiger partial charge in [0.2, 0.25) is 0 Å². The Hall–Kier alpha value is -0.610. The highest BCUT2D eigenvalue weighted by Gasteiger charge is 2.30. The molecule has 0 saturated carbocycles. The first-order valence-corrected chi connectivity index (χ1v) is 5.56. The molecule has 0 fully saturated rings. The van der Waals surface area contributed by atoms with Gasteiger partial charge in [-0.1, -0.05) is 26.2 Å². The smallest absolute Gasteiger partial charge is 0.338 e. The van der Waals surface area contributed by atoms with Gasteiger partial charge in [0.25, 0.3) is 0 Å². The van der Waals surface area contributed by atoms with E-state index in [-0.39, 0.29) is 6.54 Å². The highest BCUT2D eigenvalue weighted by molar-refractivity contribution is 5.78. The van der Waals surface area contributed by atoms with Gasteiger partial charge in [-0.15, -0.1) is 0 Å². The molecule has 0 aromatic heterocycles. The summed E-state index contributed by atoms with van der Waals surface area (Å²) in [6.07, 6.45) is 4.70. The molecule has 0 saturated heterocycles. The second-order valence-corrected chi connectivity index (χ2v) is 4.00. The minimum atomic E-state index is -1.42. The lowest BCUT2D eigenvalue weighted by molar-refractivity contribution is -0.159. The zero-order valence-electron chi connectivity index (χ0n) is 10.0. The van der Waals surface area contributed by atoms with Crippen molar-refractivity contribution in [3.05, 3.63) is 0 Å². The quantitative estimate of drug-likeness (QED) is 0.472. The molecule has 1 atom stereocenters. The number of aliphatic hydroxyl groups is 1. The summed E-state index contributed by atoms with van der Waals surface area (Å²) in [5.74, 6) is -0.594. The number of ether oxygens (including phenoxy) is 1. The molecule has 4 nitrogen and oxygen atoms in total. The number of hydrogen-bond donors (Lipinski definition) is 2. The second-order valence-electron chi connectivity index (χ2n) is 4.00. The SMILES string of the molecule is CCCCCCNCC(C)(O)C(=O)OC. The predicted molar refractivity (Wildman–Crippen MR) is 59.7 cm³/mol. The maximum absolute atomic E-state index is 11.1. The summed E-state index contributed by atoms with van der Waals surface area (Å²) in [6.45, 7) is 4.69. The predicted octanol–water partition coefficient (Wildman–Crippen LogP) is 1.08. The Bertz CT molecular complexity index is 181. The van der Waals surface area contributed by atoms with E-state index < -0.39 is 11.6 Å². The fourth-order valence-corrected chi connectivity index (χ4v) is 1.30. The van der Waals surface area contributed by atoms with Gasteiger partial charge in [-0.2, -0.15) is 0 Å². The van der Waals surface area contributed by atoms with E-state index in [1.165, 1.54) is 33.3 Å². The van der Waals surface area contributed by atoms with Crippen molar-refractivity contribution in [3.8, 4) is 0 Å². The van der Waals surface area contributed by atoms with Crippen LogP contribution < -0.4 is 5.32 Å². The van der Waals surface area contributed by atoms with Crippen LogP contribution in [0.4, 0.5) is 0 Å². The summed E-state index contributed by atoms with van der Waals surface area (Å²) in [7, 11) is 1.28. The van der Waals surface area contributed by atoms with Crippen LogP contribution in [-0.4, -0.2) is 36.9 Å². The largest absolute Gasteiger partial charge is 0.467 e. The van der Waals surface area contributed by atoms with E-state index in [0.29, 0.717) is 0 Å². The van der Waals surface area contributed by atoms with Crippen molar-refractivity contribution in [2.45, 2.75) is 45.1 Å². The second kappa shape index (κ2) is 7.65. The summed E-state index contributed by atoms with van der Waals surface area (Å²) in [4.78, 5) is 11.1. The van der Waals surface area contributed by atoms with Gasteiger partial charge in [0, 0.05) is 6.54 Å². The van der Waals surface area contributed by atoms with Crippen molar-refractivity contribution in [2.24, 2.45) is 0 Å². The Morgan fingerprint density at radius 3 is 2.60 bits per heavy atom. The number of carbonyl (C=O) groups excluding carboxylic acids is 1. The average molecular weight is 217 g/mol. The van der Waals surface area contributed by atoms with Crippen molar-refractivity contribution in [2.75, 3.05) is 20.2 Å². The molecule has 0 spiro atoms. The van der Waals surface area contributed by atoms with Crippen LogP contribution in [0.5, 0.6) is 0 Å². The zero-order chi connectivity index (χ0) is 11.7. The van der Waals surface area contributed by atoms with Crippen LogP contribution in [0.2, 0.25) is 0 Å². The van der Waals surface area contributed by atoms with Crippen LogP contribution in [0.15, 0.2) is 0 Å². The maximum Gasteiger partial charge on any atom is 0.338 e. The van der Waals surface area contributed by atoms with Gasteiger partial charge in [-0.3, -0.25) is 0 Å². The number of hydrogen-bond acceptors (Lipinski definition) is 4. The van der Waals surface area contributed by atoms with Crippen LogP contribution in [0.25, 0.3) is 0 Å². The maximum atomic E-state index is 11.1. The third-order valence-corrected chi connectivity index (χ3v) is 2.30. The van der Waals surface area contributed by atoms with E-state index in [2.05, 4.69) is 17.0 Å². The molecular weight excluding hydrogens is 194 g/mol. The lowest BCUT2D eigenvalue weighted by Crippen LogP contribution is -2.45. The van der Waals surface area contributed by atoms with Crippen molar-refractivity contribution < 1.29 is 14.6 Å². The fraction of sp³-hybridized carbons (Fsp3) is 0.909. The van der Waals surface area contributed by atoms with Crippen molar-refractivity contribution in [1.29, 1.82) is 0 Å². The van der Waals surface area contributed by atoms with E-state index in [1.807, 2.05) is 0 Å². The molecule has 0 aliphatic carbocycles. The molecule has 0 heterocycles. The fourth-order valence-electron chi connectivity index (χ4n) is 1.30. The number of unbranched alkanes of at least 4 members (excludes halogenated alkanes) is 3. The first kappa shape index (κ1) is 14.4. The van der Waals surface area contributed by atoms with Gasteiger partial charge in [0.1, 0.15) is 0 Å².